The molecule has 0 atom stereocenters. The Morgan fingerprint density at radius 3 is 2.52 bits per heavy atom. The summed E-state index contributed by atoms with van der Waals surface area (Å²) >= 11 is 1.56. The van der Waals surface area contributed by atoms with E-state index < -0.39 is 16.5 Å². The molecule has 21 heavy (non-hydrogen) atoms. The fraction of sp³-hybridized carbons (Fsp3) is 0.571. The molecule has 1 fully saturated rings. The zero-order chi connectivity index (χ0) is 15.7. The van der Waals surface area contributed by atoms with Crippen molar-refractivity contribution in [2.24, 2.45) is 5.92 Å². The quantitative estimate of drug-likeness (QED) is 0.893. The lowest BCUT2D eigenvalue weighted by Crippen LogP contribution is -2.34. The number of nitrogens with zero attached hydrogens (tertiary/aromatic N) is 1. The molecule has 1 heterocycles. The maximum absolute atomic E-state index is 12.4. The predicted octanol–water partition coefficient (Wildman–Crippen LogP) is 3.96. The Labute approximate surface area is 125 Å². The lowest BCUT2D eigenvalue weighted by atomic mass is 10.2. The number of aromatic nitrogens is 1. The number of carbonyl (C=O) groups is 1. The summed E-state index contributed by atoms with van der Waals surface area (Å²) in [6.07, 6.45) is -1.27. The van der Waals surface area contributed by atoms with E-state index in [1.165, 1.54) is 18.9 Å². The maximum Gasteiger partial charge on any atom is 0.417 e. The fourth-order valence-electron chi connectivity index (χ4n) is 1.58. The molecule has 0 unspecified atom stereocenters. The lowest BCUT2D eigenvalue weighted by molar-refractivity contribution is -0.137. The molecule has 1 saturated carbocycles. The van der Waals surface area contributed by atoms with Crippen LogP contribution in [0.2, 0.25) is 0 Å². The average molecular weight is 318 g/mol. The normalized spacial score (nSPS) is 15.9. The molecule has 1 aliphatic carbocycles. The summed E-state index contributed by atoms with van der Waals surface area (Å²) in [5.41, 5.74) is -0.831. The first-order chi connectivity index (χ1) is 9.68. The smallest absolute Gasteiger partial charge is 0.310 e. The van der Waals surface area contributed by atoms with E-state index in [1.54, 1.807) is 25.6 Å². The number of hydrogen-bond acceptors (Lipinski definition) is 3. The topological polar surface area (TPSA) is 42.0 Å². The molecule has 1 amide bonds. The van der Waals surface area contributed by atoms with Crippen LogP contribution in [-0.2, 0) is 11.0 Å². The van der Waals surface area contributed by atoms with Crippen LogP contribution in [0.4, 0.5) is 19.0 Å². The number of halogens is 3. The highest BCUT2D eigenvalue weighted by molar-refractivity contribution is 8.01. The standard InChI is InChI=1S/C14H17F3N2OS/c1-13(2,21-8-9-3-4-9)12(20)19-11-6-5-10(7-18-11)14(15,16)17/h5-7,9H,3-4,8H2,1-2H3,(H,18,19,20). The molecule has 7 heteroatoms. The SMILES string of the molecule is CC(C)(SCC1CC1)C(=O)Nc1ccc(C(F)(F)F)cn1. The summed E-state index contributed by atoms with van der Waals surface area (Å²) in [6.45, 7) is 3.61. The van der Waals surface area contributed by atoms with Gasteiger partial charge in [-0.1, -0.05) is 0 Å². The van der Waals surface area contributed by atoms with Gasteiger partial charge in [0.25, 0.3) is 0 Å². The van der Waals surface area contributed by atoms with Crippen molar-refractivity contribution in [1.82, 2.24) is 4.98 Å². The Bertz CT molecular complexity index is 510. The molecular weight excluding hydrogens is 301 g/mol. The summed E-state index contributed by atoms with van der Waals surface area (Å²) in [5.74, 6) is 1.51. The van der Waals surface area contributed by atoms with Gasteiger partial charge in [-0.3, -0.25) is 4.79 Å². The van der Waals surface area contributed by atoms with Crippen LogP contribution in [0.5, 0.6) is 0 Å². The van der Waals surface area contributed by atoms with E-state index in [2.05, 4.69) is 10.3 Å². The number of anilines is 1. The molecule has 0 aromatic carbocycles. The Morgan fingerprint density at radius 2 is 2.05 bits per heavy atom. The maximum atomic E-state index is 12.4. The summed E-state index contributed by atoms with van der Waals surface area (Å²) in [4.78, 5) is 15.8. The minimum atomic E-state index is -4.42. The fourth-order valence-corrected chi connectivity index (χ4v) is 2.75. The van der Waals surface area contributed by atoms with Gasteiger partial charge < -0.3 is 5.32 Å². The van der Waals surface area contributed by atoms with Crippen LogP contribution in [0.1, 0.15) is 32.3 Å². The highest BCUT2D eigenvalue weighted by Crippen LogP contribution is 2.37. The second kappa shape index (κ2) is 5.87. The number of alkyl halides is 3. The zero-order valence-corrected chi connectivity index (χ0v) is 12.6. The van der Waals surface area contributed by atoms with Gasteiger partial charge >= 0.3 is 6.18 Å². The Kier molecular flexibility index (Phi) is 4.51. The molecule has 0 spiro atoms. The zero-order valence-electron chi connectivity index (χ0n) is 11.8. The van der Waals surface area contributed by atoms with Gasteiger partial charge in [0, 0.05) is 6.20 Å². The molecule has 0 bridgehead atoms. The lowest BCUT2D eigenvalue weighted by Gasteiger charge is -2.22. The van der Waals surface area contributed by atoms with Crippen molar-refractivity contribution in [2.75, 3.05) is 11.1 Å². The number of rotatable bonds is 5. The number of nitrogens with one attached hydrogen (secondary N) is 1. The van der Waals surface area contributed by atoms with E-state index in [1.807, 2.05) is 0 Å². The van der Waals surface area contributed by atoms with E-state index in [0.29, 0.717) is 5.92 Å². The van der Waals surface area contributed by atoms with E-state index in [9.17, 15) is 18.0 Å². The first kappa shape index (κ1) is 16.1. The summed E-state index contributed by atoms with van der Waals surface area (Å²) in [7, 11) is 0. The van der Waals surface area contributed by atoms with Gasteiger partial charge in [0.15, 0.2) is 0 Å². The van der Waals surface area contributed by atoms with E-state index >= 15 is 0 Å². The van der Waals surface area contributed by atoms with Gasteiger partial charge in [0.1, 0.15) is 5.82 Å². The second-order valence-electron chi connectivity index (χ2n) is 5.65. The predicted molar refractivity (Wildman–Crippen MR) is 77.1 cm³/mol. The largest absolute Gasteiger partial charge is 0.417 e. The number of pyridine rings is 1. The van der Waals surface area contributed by atoms with Crippen molar-refractivity contribution in [3.05, 3.63) is 23.9 Å². The molecule has 1 aliphatic rings. The minimum Gasteiger partial charge on any atom is -0.310 e. The Balaban J connectivity index is 1.94. The van der Waals surface area contributed by atoms with Gasteiger partial charge in [0.2, 0.25) is 5.91 Å². The van der Waals surface area contributed by atoms with Crippen LogP contribution in [0.3, 0.4) is 0 Å². The summed E-state index contributed by atoms with van der Waals surface area (Å²) in [5, 5.41) is 2.57. The van der Waals surface area contributed by atoms with Crippen molar-refractivity contribution in [3.63, 3.8) is 0 Å². The van der Waals surface area contributed by atoms with Crippen molar-refractivity contribution in [2.45, 2.75) is 37.6 Å². The van der Waals surface area contributed by atoms with Gasteiger partial charge in [0.05, 0.1) is 10.3 Å². The third-order valence-corrected chi connectivity index (χ3v) is 4.80. The monoisotopic (exact) mass is 318 g/mol. The van der Waals surface area contributed by atoms with Crippen molar-refractivity contribution >= 4 is 23.5 Å². The summed E-state index contributed by atoms with van der Waals surface area (Å²) < 4.78 is 36.6. The van der Waals surface area contributed by atoms with Crippen LogP contribution in [0, 0.1) is 5.92 Å². The molecule has 2 rings (SSSR count). The number of carbonyl (C=O) groups excluding carboxylic acids is 1. The van der Waals surface area contributed by atoms with Gasteiger partial charge in [-0.05, 0) is 50.5 Å². The van der Waals surface area contributed by atoms with E-state index in [-0.39, 0.29) is 11.7 Å². The van der Waals surface area contributed by atoms with Crippen molar-refractivity contribution in [1.29, 1.82) is 0 Å². The molecule has 0 radical (unpaired) electrons. The van der Waals surface area contributed by atoms with E-state index in [0.717, 1.165) is 18.0 Å². The molecule has 1 N–H and O–H groups in total. The van der Waals surface area contributed by atoms with E-state index in [4.69, 9.17) is 0 Å². The van der Waals surface area contributed by atoms with Crippen molar-refractivity contribution < 1.29 is 18.0 Å². The number of thioether (sulfide) groups is 1. The molecule has 0 saturated heterocycles. The van der Waals surface area contributed by atoms with Crippen LogP contribution in [0.15, 0.2) is 18.3 Å². The third-order valence-electron chi connectivity index (χ3n) is 3.26. The third kappa shape index (κ3) is 4.62. The molecular formula is C14H17F3N2OS. The Hall–Kier alpha value is -1.24. The van der Waals surface area contributed by atoms with Gasteiger partial charge in [-0.15, -0.1) is 11.8 Å². The molecule has 1 aromatic heterocycles. The number of hydrogen-bond donors (Lipinski definition) is 1. The van der Waals surface area contributed by atoms with Gasteiger partial charge in [-0.2, -0.15) is 13.2 Å². The number of amides is 1. The van der Waals surface area contributed by atoms with Crippen molar-refractivity contribution in [3.8, 4) is 0 Å². The van der Waals surface area contributed by atoms with Crippen LogP contribution in [-0.4, -0.2) is 21.4 Å². The minimum absolute atomic E-state index is 0.132. The second-order valence-corrected chi connectivity index (χ2v) is 7.29. The molecule has 116 valence electrons. The van der Waals surface area contributed by atoms with Gasteiger partial charge in [-0.25, -0.2) is 4.98 Å². The van der Waals surface area contributed by atoms with Crippen LogP contribution in [0.25, 0.3) is 0 Å². The highest BCUT2D eigenvalue weighted by atomic mass is 32.2. The first-order valence-corrected chi connectivity index (χ1v) is 7.66. The van der Waals surface area contributed by atoms with Crippen LogP contribution >= 0.6 is 11.8 Å². The van der Waals surface area contributed by atoms with Crippen LogP contribution < -0.4 is 5.32 Å². The molecule has 1 aromatic rings. The molecule has 3 nitrogen and oxygen atoms in total. The summed E-state index contributed by atoms with van der Waals surface area (Å²) in [6, 6.07) is 2.08. The molecule has 0 aliphatic heterocycles. The average Bonchev–Trinajstić information content (AvgIpc) is 3.20. The Morgan fingerprint density at radius 1 is 1.38 bits per heavy atom. The first-order valence-electron chi connectivity index (χ1n) is 6.67. The highest BCUT2D eigenvalue weighted by Gasteiger charge is 2.33.